The monoisotopic (exact) mass is 186 g/mol. The maximum atomic E-state index is 10.9. The highest BCUT2D eigenvalue weighted by Gasteiger charge is 2.09. The molecule has 2 heteroatoms. The predicted octanol–water partition coefficient (Wildman–Crippen LogP) is 2.81. The quantitative estimate of drug-likeness (QED) is 0.596. The minimum Gasteiger partial charge on any atom is -0.381 e. The third kappa shape index (κ3) is 9.54. The molecule has 0 aromatic carbocycles. The van der Waals surface area contributed by atoms with Crippen molar-refractivity contribution < 1.29 is 9.53 Å². The van der Waals surface area contributed by atoms with Gasteiger partial charge < -0.3 is 4.74 Å². The van der Waals surface area contributed by atoms with E-state index in [1.165, 1.54) is 0 Å². The molecule has 0 fully saturated rings. The Labute approximate surface area is 81.7 Å². The molecule has 0 aliphatic heterocycles. The highest BCUT2D eigenvalue weighted by molar-refractivity contribution is 5.78. The number of carbonyl (C=O) groups excluding carboxylic acids is 1. The van der Waals surface area contributed by atoms with Crippen LogP contribution in [0.2, 0.25) is 0 Å². The summed E-state index contributed by atoms with van der Waals surface area (Å²) in [5.74, 6) is 0.288. The predicted molar refractivity (Wildman–Crippen MR) is 54.8 cm³/mol. The van der Waals surface area contributed by atoms with Gasteiger partial charge in [-0.3, -0.25) is 4.79 Å². The van der Waals surface area contributed by atoms with Crippen LogP contribution in [-0.4, -0.2) is 19.0 Å². The van der Waals surface area contributed by atoms with E-state index in [9.17, 15) is 4.79 Å². The van der Waals surface area contributed by atoms with E-state index < -0.39 is 0 Å². The van der Waals surface area contributed by atoms with E-state index in [-0.39, 0.29) is 5.78 Å². The van der Waals surface area contributed by atoms with Gasteiger partial charge in [-0.2, -0.15) is 0 Å². The first-order chi connectivity index (χ1) is 5.95. The number of Topliss-reactive ketones (excluding diaryl/α,β-unsaturated/α-hetero) is 1. The first-order valence-corrected chi connectivity index (χ1v) is 5.05. The summed E-state index contributed by atoms with van der Waals surface area (Å²) in [6, 6.07) is 0. The molecule has 0 radical (unpaired) electrons. The molecule has 0 aromatic rings. The summed E-state index contributed by atoms with van der Waals surface area (Å²) in [7, 11) is 0. The van der Waals surface area contributed by atoms with Gasteiger partial charge in [0.05, 0.1) is 6.61 Å². The van der Waals surface area contributed by atoms with Gasteiger partial charge in [0.1, 0.15) is 5.78 Å². The summed E-state index contributed by atoms with van der Waals surface area (Å²) in [6.45, 7) is 9.80. The molecule has 2 nitrogen and oxygen atoms in total. The molecule has 0 rings (SSSR count). The van der Waals surface area contributed by atoms with Gasteiger partial charge in [0, 0.05) is 19.4 Å². The number of hydrogen-bond acceptors (Lipinski definition) is 2. The van der Waals surface area contributed by atoms with Crippen LogP contribution in [0, 0.1) is 5.41 Å². The molecule has 0 spiro atoms. The SMILES string of the molecule is CCC(=O)CCOCCC(C)(C)C. The molecule has 0 heterocycles. The van der Waals surface area contributed by atoms with Crippen LogP contribution >= 0.6 is 0 Å². The van der Waals surface area contributed by atoms with Crippen LogP contribution in [0.15, 0.2) is 0 Å². The molecule has 0 aliphatic rings. The Balaban J connectivity index is 3.22. The number of hydrogen-bond donors (Lipinski definition) is 0. The van der Waals surface area contributed by atoms with E-state index in [1.54, 1.807) is 0 Å². The standard InChI is InChI=1S/C11H22O2/c1-5-10(12)6-8-13-9-7-11(2,3)4/h5-9H2,1-4H3. The lowest BCUT2D eigenvalue weighted by Gasteiger charge is -2.17. The average Bonchev–Trinajstić information content (AvgIpc) is 2.01. The molecular formula is C11H22O2. The van der Waals surface area contributed by atoms with Crippen LogP contribution in [0.1, 0.15) is 47.0 Å². The zero-order valence-corrected chi connectivity index (χ0v) is 9.35. The topological polar surface area (TPSA) is 26.3 Å². The summed E-state index contributed by atoms with van der Waals surface area (Å²) < 4.78 is 5.36. The second-order valence-corrected chi connectivity index (χ2v) is 4.57. The fourth-order valence-corrected chi connectivity index (χ4v) is 0.843. The third-order valence-electron chi connectivity index (χ3n) is 1.92. The first kappa shape index (κ1) is 12.6. The van der Waals surface area contributed by atoms with Crippen LogP contribution < -0.4 is 0 Å². The van der Waals surface area contributed by atoms with E-state index >= 15 is 0 Å². The van der Waals surface area contributed by atoms with Gasteiger partial charge in [0.25, 0.3) is 0 Å². The Morgan fingerprint density at radius 2 is 1.85 bits per heavy atom. The Morgan fingerprint density at radius 1 is 1.23 bits per heavy atom. The maximum Gasteiger partial charge on any atom is 0.134 e. The summed E-state index contributed by atoms with van der Waals surface area (Å²) in [5.41, 5.74) is 0.328. The summed E-state index contributed by atoms with van der Waals surface area (Å²) >= 11 is 0. The molecule has 0 amide bonds. The zero-order valence-electron chi connectivity index (χ0n) is 9.35. The van der Waals surface area contributed by atoms with Crippen molar-refractivity contribution in [3.8, 4) is 0 Å². The molecule has 0 N–H and O–H groups in total. The molecule has 0 aromatic heterocycles. The lowest BCUT2D eigenvalue weighted by atomic mass is 9.93. The zero-order chi connectivity index (χ0) is 10.3. The third-order valence-corrected chi connectivity index (χ3v) is 1.92. The summed E-state index contributed by atoms with van der Waals surface area (Å²) in [5, 5.41) is 0. The van der Waals surface area contributed by atoms with Crippen molar-refractivity contribution in [1.82, 2.24) is 0 Å². The average molecular weight is 186 g/mol. The maximum absolute atomic E-state index is 10.9. The Kier molecular flexibility index (Phi) is 5.97. The fourth-order valence-electron chi connectivity index (χ4n) is 0.843. The van der Waals surface area contributed by atoms with Crippen molar-refractivity contribution in [2.75, 3.05) is 13.2 Å². The van der Waals surface area contributed by atoms with Crippen molar-refractivity contribution in [2.45, 2.75) is 47.0 Å². The smallest absolute Gasteiger partial charge is 0.134 e. The van der Waals surface area contributed by atoms with Gasteiger partial charge in [0.15, 0.2) is 0 Å². The minimum absolute atomic E-state index is 0.288. The van der Waals surface area contributed by atoms with Crippen molar-refractivity contribution in [3.63, 3.8) is 0 Å². The molecule has 0 unspecified atom stereocenters. The number of carbonyl (C=O) groups is 1. The molecule has 78 valence electrons. The lowest BCUT2D eigenvalue weighted by molar-refractivity contribution is -0.119. The van der Waals surface area contributed by atoms with Crippen LogP contribution in [-0.2, 0) is 9.53 Å². The highest BCUT2D eigenvalue weighted by Crippen LogP contribution is 2.17. The molecule has 0 saturated carbocycles. The molecule has 0 saturated heterocycles. The molecule has 13 heavy (non-hydrogen) atoms. The van der Waals surface area contributed by atoms with Crippen LogP contribution in [0.3, 0.4) is 0 Å². The van der Waals surface area contributed by atoms with E-state index in [2.05, 4.69) is 20.8 Å². The van der Waals surface area contributed by atoms with E-state index in [0.717, 1.165) is 13.0 Å². The largest absolute Gasteiger partial charge is 0.381 e. The second-order valence-electron chi connectivity index (χ2n) is 4.57. The highest BCUT2D eigenvalue weighted by atomic mass is 16.5. The summed E-state index contributed by atoms with van der Waals surface area (Å²) in [6.07, 6.45) is 2.25. The fraction of sp³-hybridized carbons (Fsp3) is 0.909. The Hall–Kier alpha value is -0.370. The van der Waals surface area contributed by atoms with Gasteiger partial charge in [-0.05, 0) is 11.8 Å². The van der Waals surface area contributed by atoms with Crippen molar-refractivity contribution >= 4 is 5.78 Å². The van der Waals surface area contributed by atoms with Crippen molar-refractivity contribution in [2.24, 2.45) is 5.41 Å². The van der Waals surface area contributed by atoms with Gasteiger partial charge >= 0.3 is 0 Å². The first-order valence-electron chi connectivity index (χ1n) is 5.05. The van der Waals surface area contributed by atoms with E-state index in [1.807, 2.05) is 6.92 Å². The van der Waals surface area contributed by atoms with Gasteiger partial charge in [-0.25, -0.2) is 0 Å². The summed E-state index contributed by atoms with van der Waals surface area (Å²) in [4.78, 5) is 10.9. The number of rotatable bonds is 6. The van der Waals surface area contributed by atoms with E-state index in [4.69, 9.17) is 4.74 Å². The number of ketones is 1. The Bertz CT molecular complexity index is 145. The second kappa shape index (κ2) is 6.14. The van der Waals surface area contributed by atoms with Crippen LogP contribution in [0.4, 0.5) is 0 Å². The Morgan fingerprint density at radius 3 is 2.31 bits per heavy atom. The number of ether oxygens (including phenoxy) is 1. The lowest BCUT2D eigenvalue weighted by Crippen LogP contribution is -2.11. The van der Waals surface area contributed by atoms with Crippen LogP contribution in [0.5, 0.6) is 0 Å². The normalized spacial score (nSPS) is 11.7. The van der Waals surface area contributed by atoms with Crippen molar-refractivity contribution in [1.29, 1.82) is 0 Å². The molecule has 0 atom stereocenters. The van der Waals surface area contributed by atoms with Gasteiger partial charge in [-0.1, -0.05) is 27.7 Å². The van der Waals surface area contributed by atoms with Gasteiger partial charge in [-0.15, -0.1) is 0 Å². The van der Waals surface area contributed by atoms with Gasteiger partial charge in [0.2, 0.25) is 0 Å². The molecule has 0 aliphatic carbocycles. The molecule has 0 bridgehead atoms. The van der Waals surface area contributed by atoms with Crippen molar-refractivity contribution in [3.05, 3.63) is 0 Å². The van der Waals surface area contributed by atoms with Crippen LogP contribution in [0.25, 0.3) is 0 Å². The minimum atomic E-state index is 0.288. The molecular weight excluding hydrogens is 164 g/mol. The van der Waals surface area contributed by atoms with E-state index in [0.29, 0.717) is 24.9 Å².